The van der Waals surface area contributed by atoms with E-state index >= 15 is 0 Å². The zero-order chi connectivity index (χ0) is 17.1. The molecule has 2 aromatic heterocycles. The Morgan fingerprint density at radius 1 is 0.462 bits per heavy atom. The minimum Gasteiger partial charge on any atom is -0.464 e. The van der Waals surface area contributed by atoms with Crippen LogP contribution in [-0.2, 0) is 0 Å². The van der Waals surface area contributed by atoms with Crippen molar-refractivity contribution in [3.8, 4) is 22.6 Å². The van der Waals surface area contributed by atoms with Crippen molar-refractivity contribution < 1.29 is 8.83 Å². The van der Waals surface area contributed by atoms with Crippen LogP contribution in [0.2, 0.25) is 0 Å². The van der Waals surface area contributed by atoms with Crippen LogP contribution in [0.15, 0.2) is 94.2 Å². The molecule has 2 heterocycles. The van der Waals surface area contributed by atoms with E-state index < -0.39 is 0 Å². The lowest BCUT2D eigenvalue weighted by molar-refractivity contribution is 0.582. The number of furan rings is 2. The van der Waals surface area contributed by atoms with Gasteiger partial charge in [-0.05, 0) is 68.7 Å². The maximum atomic E-state index is 5.68. The number of rotatable bonds is 2. The van der Waals surface area contributed by atoms with Gasteiger partial charge in [0.1, 0.15) is 11.5 Å². The van der Waals surface area contributed by atoms with Gasteiger partial charge in [0.2, 0.25) is 0 Å². The van der Waals surface area contributed by atoms with E-state index in [0.29, 0.717) is 0 Å². The van der Waals surface area contributed by atoms with E-state index in [9.17, 15) is 0 Å². The van der Waals surface area contributed by atoms with E-state index in [1.165, 1.54) is 32.3 Å². The van der Waals surface area contributed by atoms with Gasteiger partial charge >= 0.3 is 0 Å². The van der Waals surface area contributed by atoms with Crippen LogP contribution >= 0.6 is 0 Å². The van der Waals surface area contributed by atoms with Gasteiger partial charge in [-0.15, -0.1) is 0 Å². The van der Waals surface area contributed by atoms with Crippen LogP contribution in [0.3, 0.4) is 0 Å². The molecular formula is C24H14O2. The zero-order valence-electron chi connectivity index (χ0n) is 13.9. The average Bonchev–Trinajstić information content (AvgIpc) is 3.39. The Hall–Kier alpha value is -3.52. The van der Waals surface area contributed by atoms with Crippen LogP contribution in [-0.4, -0.2) is 0 Å². The Morgan fingerprint density at radius 2 is 0.923 bits per heavy atom. The monoisotopic (exact) mass is 334 g/mol. The smallest absolute Gasteiger partial charge is 0.134 e. The van der Waals surface area contributed by atoms with Gasteiger partial charge in [-0.1, -0.05) is 36.4 Å². The normalized spacial score (nSPS) is 11.8. The van der Waals surface area contributed by atoms with Gasteiger partial charge in [-0.2, -0.15) is 0 Å². The zero-order valence-corrected chi connectivity index (χ0v) is 13.9. The van der Waals surface area contributed by atoms with E-state index in [4.69, 9.17) is 8.83 Å². The predicted octanol–water partition coefficient (Wildman–Crippen LogP) is 7.10. The molecule has 0 aliphatic carbocycles. The molecule has 0 fully saturated rings. The maximum absolute atomic E-state index is 5.68. The van der Waals surface area contributed by atoms with Crippen LogP contribution in [0, 0.1) is 0 Å². The molecule has 0 saturated heterocycles. The fourth-order valence-corrected chi connectivity index (χ4v) is 4.09. The summed E-state index contributed by atoms with van der Waals surface area (Å²) in [5.41, 5.74) is 2.25. The molecule has 0 radical (unpaired) electrons. The minimum atomic E-state index is 0.897. The molecule has 2 nitrogen and oxygen atoms in total. The van der Waals surface area contributed by atoms with E-state index in [0.717, 1.165) is 22.6 Å². The first kappa shape index (κ1) is 13.7. The summed E-state index contributed by atoms with van der Waals surface area (Å²) >= 11 is 0. The quantitative estimate of drug-likeness (QED) is 0.316. The summed E-state index contributed by atoms with van der Waals surface area (Å²) in [7, 11) is 0. The predicted molar refractivity (Wildman–Crippen MR) is 106 cm³/mol. The average molecular weight is 334 g/mol. The van der Waals surface area contributed by atoms with Crippen LogP contribution in [0.4, 0.5) is 0 Å². The highest BCUT2D eigenvalue weighted by atomic mass is 16.3. The molecule has 2 heteroatoms. The molecule has 0 aliphatic rings. The van der Waals surface area contributed by atoms with Gasteiger partial charge in [0, 0.05) is 11.1 Å². The second kappa shape index (κ2) is 4.99. The summed E-state index contributed by atoms with van der Waals surface area (Å²) in [6, 6.07) is 25.3. The van der Waals surface area contributed by atoms with Crippen LogP contribution in [0.5, 0.6) is 0 Å². The first-order valence-electron chi connectivity index (χ1n) is 8.68. The molecule has 0 atom stereocenters. The third-order valence-corrected chi connectivity index (χ3v) is 5.24. The molecule has 0 saturated carbocycles. The third kappa shape index (κ3) is 1.76. The lowest BCUT2D eigenvalue weighted by Crippen LogP contribution is -1.88. The maximum Gasteiger partial charge on any atom is 0.134 e. The largest absolute Gasteiger partial charge is 0.464 e. The molecule has 0 spiro atoms. The molecule has 122 valence electrons. The molecule has 4 aromatic carbocycles. The fraction of sp³-hybridized carbons (Fsp3) is 0. The molecule has 0 aliphatic heterocycles. The van der Waals surface area contributed by atoms with Gasteiger partial charge in [0.05, 0.1) is 12.5 Å². The molecular weight excluding hydrogens is 320 g/mol. The lowest BCUT2D eigenvalue weighted by atomic mass is 9.89. The highest BCUT2D eigenvalue weighted by molar-refractivity contribution is 6.27. The topological polar surface area (TPSA) is 26.3 Å². The Bertz CT molecular complexity index is 1250. The first-order chi connectivity index (χ1) is 12.9. The first-order valence-corrected chi connectivity index (χ1v) is 8.68. The van der Waals surface area contributed by atoms with Gasteiger partial charge < -0.3 is 8.83 Å². The fourth-order valence-electron chi connectivity index (χ4n) is 4.09. The summed E-state index contributed by atoms with van der Waals surface area (Å²) in [6.07, 6.45) is 3.45. The number of hydrogen-bond acceptors (Lipinski definition) is 2. The van der Waals surface area contributed by atoms with E-state index in [1.807, 2.05) is 24.3 Å². The highest BCUT2D eigenvalue weighted by Crippen LogP contribution is 2.42. The summed E-state index contributed by atoms with van der Waals surface area (Å²) in [5.74, 6) is 1.79. The molecule has 0 bridgehead atoms. The summed E-state index contributed by atoms with van der Waals surface area (Å²) in [4.78, 5) is 0. The summed E-state index contributed by atoms with van der Waals surface area (Å²) in [5, 5.41) is 7.47. The molecule has 6 aromatic rings. The van der Waals surface area contributed by atoms with Crippen molar-refractivity contribution in [2.75, 3.05) is 0 Å². The van der Waals surface area contributed by atoms with Crippen LogP contribution in [0.25, 0.3) is 55.0 Å². The van der Waals surface area contributed by atoms with Crippen molar-refractivity contribution in [1.82, 2.24) is 0 Å². The second-order valence-corrected chi connectivity index (χ2v) is 6.60. The van der Waals surface area contributed by atoms with Gasteiger partial charge in [-0.3, -0.25) is 0 Å². The van der Waals surface area contributed by atoms with E-state index in [1.54, 1.807) is 12.5 Å². The molecule has 0 amide bonds. The van der Waals surface area contributed by atoms with E-state index in [-0.39, 0.29) is 0 Å². The van der Waals surface area contributed by atoms with Crippen molar-refractivity contribution in [3.05, 3.63) is 85.3 Å². The van der Waals surface area contributed by atoms with Gasteiger partial charge in [0.15, 0.2) is 0 Å². The highest BCUT2D eigenvalue weighted by Gasteiger charge is 2.15. The third-order valence-electron chi connectivity index (χ3n) is 5.24. The molecule has 0 N–H and O–H groups in total. The Labute approximate surface area is 149 Å². The Balaban J connectivity index is 1.81. The van der Waals surface area contributed by atoms with Crippen molar-refractivity contribution in [1.29, 1.82) is 0 Å². The Kier molecular flexibility index (Phi) is 2.64. The van der Waals surface area contributed by atoms with Gasteiger partial charge in [0.25, 0.3) is 0 Å². The molecule has 26 heavy (non-hydrogen) atoms. The second-order valence-electron chi connectivity index (χ2n) is 6.60. The number of benzene rings is 4. The van der Waals surface area contributed by atoms with Crippen molar-refractivity contribution in [3.63, 3.8) is 0 Å². The van der Waals surface area contributed by atoms with Gasteiger partial charge in [-0.25, -0.2) is 0 Å². The number of hydrogen-bond donors (Lipinski definition) is 0. The van der Waals surface area contributed by atoms with Crippen molar-refractivity contribution in [2.45, 2.75) is 0 Å². The standard InChI is InChI=1S/C24H14O2/c1-3-21(25-13-1)17-9-5-15-8-12-20-18(22-4-2-14-26-22)10-6-16-7-11-19(17)23(15)24(16)20/h1-14H. The van der Waals surface area contributed by atoms with Crippen LogP contribution in [0.1, 0.15) is 0 Å². The van der Waals surface area contributed by atoms with Crippen LogP contribution < -0.4 is 0 Å². The SMILES string of the molecule is c1coc(-c2ccc3ccc4c(-c5ccco5)ccc5ccc2c3c54)c1. The lowest BCUT2D eigenvalue weighted by Gasteiger charge is -2.14. The summed E-state index contributed by atoms with van der Waals surface area (Å²) < 4.78 is 11.4. The minimum absolute atomic E-state index is 0.897. The summed E-state index contributed by atoms with van der Waals surface area (Å²) in [6.45, 7) is 0. The van der Waals surface area contributed by atoms with E-state index in [2.05, 4.69) is 48.5 Å². The molecule has 6 rings (SSSR count). The molecule has 0 unspecified atom stereocenters. The Morgan fingerprint density at radius 3 is 1.35 bits per heavy atom. The van der Waals surface area contributed by atoms with Crippen molar-refractivity contribution >= 4 is 32.3 Å². The van der Waals surface area contributed by atoms with Crippen molar-refractivity contribution in [2.24, 2.45) is 0 Å².